The van der Waals surface area contributed by atoms with Crippen LogP contribution in [0.15, 0.2) is 0 Å². The van der Waals surface area contributed by atoms with Crippen LogP contribution >= 0.6 is 0 Å². The average Bonchev–Trinajstić information content (AvgIpc) is 2.88. The first-order valence-electron chi connectivity index (χ1n) is 6.65. The van der Waals surface area contributed by atoms with E-state index in [0.29, 0.717) is 17.9 Å². The zero-order valence-electron chi connectivity index (χ0n) is 9.82. The van der Waals surface area contributed by atoms with Crippen molar-refractivity contribution in [2.45, 2.75) is 51.0 Å². The fourth-order valence-corrected chi connectivity index (χ4v) is 3.65. The van der Waals surface area contributed by atoms with Crippen LogP contribution in [0.5, 0.6) is 0 Å². The molecule has 3 nitrogen and oxygen atoms in total. The normalized spacial score (nSPS) is 37.8. The predicted octanol–water partition coefficient (Wildman–Crippen LogP) is 1.55. The molecule has 16 heavy (non-hydrogen) atoms. The second-order valence-electron chi connectivity index (χ2n) is 5.91. The minimum Gasteiger partial charge on any atom is -0.396 e. The van der Waals surface area contributed by atoms with Gasteiger partial charge in [0, 0.05) is 24.4 Å². The van der Waals surface area contributed by atoms with Gasteiger partial charge < -0.3 is 10.0 Å². The summed E-state index contributed by atoms with van der Waals surface area (Å²) < 4.78 is 0. The second-order valence-corrected chi connectivity index (χ2v) is 5.91. The highest BCUT2D eigenvalue weighted by Gasteiger charge is 2.51. The summed E-state index contributed by atoms with van der Waals surface area (Å²) >= 11 is 0. The molecule has 0 radical (unpaired) electrons. The van der Waals surface area contributed by atoms with Crippen LogP contribution in [0, 0.1) is 11.3 Å². The number of hydrogen-bond donors (Lipinski definition) is 1. The van der Waals surface area contributed by atoms with Gasteiger partial charge in [0.1, 0.15) is 0 Å². The monoisotopic (exact) mass is 223 g/mol. The van der Waals surface area contributed by atoms with Crippen molar-refractivity contribution in [1.82, 2.24) is 4.90 Å². The van der Waals surface area contributed by atoms with E-state index >= 15 is 0 Å². The van der Waals surface area contributed by atoms with Gasteiger partial charge in [0.15, 0.2) is 0 Å². The number of carbonyl (C=O) groups excluding carboxylic acids is 1. The Bertz CT molecular complexity index is 300. The van der Waals surface area contributed by atoms with Crippen molar-refractivity contribution in [3.05, 3.63) is 0 Å². The van der Waals surface area contributed by atoms with E-state index in [4.69, 9.17) is 0 Å². The highest BCUT2D eigenvalue weighted by atomic mass is 16.3. The van der Waals surface area contributed by atoms with E-state index in [1.54, 1.807) is 0 Å². The molecule has 0 spiro atoms. The molecule has 0 aromatic carbocycles. The molecular formula is C13H21NO2. The van der Waals surface area contributed by atoms with E-state index in [0.717, 1.165) is 32.2 Å². The summed E-state index contributed by atoms with van der Waals surface area (Å²) in [6.07, 6.45) is 7.67. The number of aliphatic hydroxyl groups is 1. The van der Waals surface area contributed by atoms with Gasteiger partial charge >= 0.3 is 0 Å². The maximum absolute atomic E-state index is 12.1. The van der Waals surface area contributed by atoms with Crippen molar-refractivity contribution in [2.75, 3.05) is 13.2 Å². The summed E-state index contributed by atoms with van der Waals surface area (Å²) in [5.41, 5.74) is 0.0687. The Labute approximate surface area is 96.8 Å². The average molecular weight is 223 g/mol. The first kappa shape index (κ1) is 10.6. The summed E-state index contributed by atoms with van der Waals surface area (Å²) in [6.45, 7) is 1.15. The molecule has 2 saturated carbocycles. The van der Waals surface area contributed by atoms with Crippen LogP contribution in [-0.2, 0) is 4.79 Å². The molecule has 3 heteroatoms. The Hall–Kier alpha value is -0.570. The summed E-state index contributed by atoms with van der Waals surface area (Å²) in [5, 5.41) is 9.58. The summed E-state index contributed by atoms with van der Waals surface area (Å²) in [7, 11) is 0. The SMILES string of the molecule is O=C(CC1CC1)N1CCC2(CO)CCCC12. The molecular weight excluding hydrogens is 202 g/mol. The standard InChI is InChI=1S/C13H21NO2/c15-9-13-5-1-2-11(13)14(7-6-13)12(16)8-10-3-4-10/h10-11,15H,1-9H2. The first-order chi connectivity index (χ1) is 7.75. The van der Waals surface area contributed by atoms with Crippen molar-refractivity contribution in [2.24, 2.45) is 11.3 Å². The van der Waals surface area contributed by atoms with Crippen LogP contribution in [0.2, 0.25) is 0 Å². The lowest BCUT2D eigenvalue weighted by Gasteiger charge is -2.30. The van der Waals surface area contributed by atoms with Crippen LogP contribution in [0.4, 0.5) is 0 Å². The lowest BCUT2D eigenvalue weighted by atomic mass is 9.83. The van der Waals surface area contributed by atoms with Gasteiger partial charge in [-0.15, -0.1) is 0 Å². The van der Waals surface area contributed by atoms with Crippen LogP contribution in [0.1, 0.15) is 44.9 Å². The third-order valence-electron chi connectivity index (χ3n) is 4.88. The number of amides is 1. The molecule has 0 aromatic rings. The number of rotatable bonds is 3. The van der Waals surface area contributed by atoms with Gasteiger partial charge in [-0.1, -0.05) is 6.42 Å². The van der Waals surface area contributed by atoms with Crippen molar-refractivity contribution < 1.29 is 9.90 Å². The Balaban J connectivity index is 1.70. The van der Waals surface area contributed by atoms with Crippen LogP contribution < -0.4 is 0 Å². The Kier molecular flexibility index (Phi) is 2.46. The van der Waals surface area contributed by atoms with E-state index < -0.39 is 0 Å². The summed E-state index contributed by atoms with van der Waals surface area (Å²) in [5.74, 6) is 1.03. The van der Waals surface area contributed by atoms with Crippen molar-refractivity contribution in [3.8, 4) is 0 Å². The fourth-order valence-electron chi connectivity index (χ4n) is 3.65. The highest BCUT2D eigenvalue weighted by Crippen LogP contribution is 2.49. The van der Waals surface area contributed by atoms with E-state index in [2.05, 4.69) is 4.90 Å². The van der Waals surface area contributed by atoms with Gasteiger partial charge in [0.2, 0.25) is 5.91 Å². The van der Waals surface area contributed by atoms with Gasteiger partial charge in [-0.3, -0.25) is 4.79 Å². The summed E-state index contributed by atoms with van der Waals surface area (Å²) in [4.78, 5) is 14.2. The zero-order valence-corrected chi connectivity index (χ0v) is 9.82. The fraction of sp³-hybridized carbons (Fsp3) is 0.923. The molecule has 2 atom stereocenters. The van der Waals surface area contributed by atoms with Gasteiger partial charge in [-0.2, -0.15) is 0 Å². The molecule has 0 bridgehead atoms. The van der Waals surface area contributed by atoms with Gasteiger partial charge in [-0.25, -0.2) is 0 Å². The number of fused-ring (bicyclic) bond motifs is 1. The molecule has 1 amide bonds. The number of nitrogens with zero attached hydrogens (tertiary/aromatic N) is 1. The molecule has 3 aliphatic rings. The van der Waals surface area contributed by atoms with Gasteiger partial charge in [0.05, 0.1) is 6.61 Å². The maximum Gasteiger partial charge on any atom is 0.223 e. The third-order valence-corrected chi connectivity index (χ3v) is 4.88. The van der Waals surface area contributed by atoms with Crippen LogP contribution in [0.3, 0.4) is 0 Å². The third kappa shape index (κ3) is 1.56. The predicted molar refractivity (Wildman–Crippen MR) is 60.8 cm³/mol. The van der Waals surface area contributed by atoms with Crippen LogP contribution in [-0.4, -0.2) is 35.1 Å². The minimum absolute atomic E-state index is 0.0687. The highest BCUT2D eigenvalue weighted by molar-refractivity contribution is 5.77. The largest absolute Gasteiger partial charge is 0.396 e. The van der Waals surface area contributed by atoms with E-state index in [9.17, 15) is 9.90 Å². The Morgan fingerprint density at radius 3 is 2.81 bits per heavy atom. The summed E-state index contributed by atoms with van der Waals surface area (Å²) in [6, 6.07) is 0.351. The molecule has 0 aromatic heterocycles. The first-order valence-corrected chi connectivity index (χ1v) is 6.65. The Morgan fingerprint density at radius 2 is 2.12 bits per heavy atom. The zero-order chi connectivity index (χ0) is 11.2. The lowest BCUT2D eigenvalue weighted by molar-refractivity contribution is -0.133. The number of aliphatic hydroxyl groups excluding tert-OH is 1. The Morgan fingerprint density at radius 1 is 1.31 bits per heavy atom. The molecule has 1 saturated heterocycles. The van der Waals surface area contributed by atoms with Crippen LogP contribution in [0.25, 0.3) is 0 Å². The quantitative estimate of drug-likeness (QED) is 0.788. The molecule has 2 aliphatic carbocycles. The lowest BCUT2D eigenvalue weighted by Crippen LogP contribution is -2.41. The van der Waals surface area contributed by atoms with Crippen molar-refractivity contribution in [1.29, 1.82) is 0 Å². The molecule has 1 heterocycles. The van der Waals surface area contributed by atoms with E-state index in [1.165, 1.54) is 19.3 Å². The molecule has 3 fully saturated rings. The molecule has 3 rings (SSSR count). The van der Waals surface area contributed by atoms with Gasteiger partial charge in [-0.05, 0) is 38.0 Å². The van der Waals surface area contributed by atoms with Crippen molar-refractivity contribution in [3.63, 3.8) is 0 Å². The molecule has 1 aliphatic heterocycles. The number of hydrogen-bond acceptors (Lipinski definition) is 2. The number of likely N-dealkylation sites (tertiary alicyclic amines) is 1. The van der Waals surface area contributed by atoms with Gasteiger partial charge in [0.25, 0.3) is 0 Å². The maximum atomic E-state index is 12.1. The minimum atomic E-state index is 0.0687. The smallest absolute Gasteiger partial charge is 0.223 e. The van der Waals surface area contributed by atoms with E-state index in [-0.39, 0.29) is 12.0 Å². The molecule has 90 valence electrons. The second kappa shape index (κ2) is 3.73. The molecule has 1 N–H and O–H groups in total. The topological polar surface area (TPSA) is 40.5 Å². The molecule has 2 unspecified atom stereocenters. The number of carbonyl (C=O) groups is 1. The van der Waals surface area contributed by atoms with Crippen molar-refractivity contribution >= 4 is 5.91 Å². The van der Waals surface area contributed by atoms with E-state index in [1.807, 2.05) is 0 Å².